The van der Waals surface area contributed by atoms with Crippen LogP contribution in [0.15, 0.2) is 29.2 Å². The van der Waals surface area contributed by atoms with E-state index in [1.54, 1.807) is 12.1 Å². The smallest absolute Gasteiger partial charge is 0.264 e. The molecular formula is C11H7ClFIN2O. The maximum atomic E-state index is 13.6. The number of aromatic nitrogens is 2. The fraction of sp³-hybridized carbons (Fsp3) is 0.0909. The molecule has 2 aromatic rings. The molecule has 17 heavy (non-hydrogen) atoms. The van der Waals surface area contributed by atoms with Crippen LogP contribution in [0.1, 0.15) is 11.4 Å². The van der Waals surface area contributed by atoms with Crippen molar-refractivity contribution in [2.75, 3.05) is 0 Å². The van der Waals surface area contributed by atoms with E-state index >= 15 is 0 Å². The predicted molar refractivity (Wildman–Crippen MR) is 71.8 cm³/mol. The van der Waals surface area contributed by atoms with E-state index in [1.807, 2.05) is 22.6 Å². The number of rotatable bonds is 2. The van der Waals surface area contributed by atoms with Crippen molar-refractivity contribution in [3.05, 3.63) is 60.5 Å². The van der Waals surface area contributed by atoms with Crippen molar-refractivity contribution < 1.29 is 4.39 Å². The number of aromatic amines is 1. The minimum atomic E-state index is -0.477. The lowest BCUT2D eigenvalue weighted by Crippen LogP contribution is -2.14. The molecule has 1 aromatic heterocycles. The summed E-state index contributed by atoms with van der Waals surface area (Å²) < 4.78 is 14.1. The molecule has 1 heterocycles. The van der Waals surface area contributed by atoms with Crippen LogP contribution in [0, 0.1) is 9.39 Å². The van der Waals surface area contributed by atoms with Crippen molar-refractivity contribution in [1.29, 1.82) is 0 Å². The summed E-state index contributed by atoms with van der Waals surface area (Å²) in [5, 5.41) is 0.0651. The van der Waals surface area contributed by atoms with E-state index < -0.39 is 5.82 Å². The number of nitrogens with one attached hydrogen (secondary N) is 1. The molecule has 1 aromatic carbocycles. The minimum Gasteiger partial charge on any atom is -0.309 e. The molecule has 0 bridgehead atoms. The number of benzene rings is 1. The Morgan fingerprint density at radius 3 is 2.94 bits per heavy atom. The zero-order chi connectivity index (χ0) is 12.4. The third kappa shape index (κ3) is 2.84. The summed E-state index contributed by atoms with van der Waals surface area (Å²) in [5.74, 6) is -0.0630. The van der Waals surface area contributed by atoms with E-state index in [0.29, 0.717) is 15.0 Å². The lowest BCUT2D eigenvalue weighted by molar-refractivity contribution is 0.612. The largest absolute Gasteiger partial charge is 0.309 e. The molecule has 0 unspecified atom stereocenters. The molecule has 2 rings (SSSR count). The van der Waals surface area contributed by atoms with Gasteiger partial charge in [0.1, 0.15) is 11.6 Å². The summed E-state index contributed by atoms with van der Waals surface area (Å²) in [4.78, 5) is 18.0. The van der Waals surface area contributed by atoms with Crippen LogP contribution < -0.4 is 5.56 Å². The van der Waals surface area contributed by atoms with Gasteiger partial charge in [0.05, 0.1) is 8.59 Å². The molecule has 0 fully saturated rings. The van der Waals surface area contributed by atoms with E-state index in [0.717, 1.165) is 0 Å². The second-order valence-corrected chi connectivity index (χ2v) is 4.97. The summed E-state index contributed by atoms with van der Waals surface area (Å²) in [6.45, 7) is 0. The van der Waals surface area contributed by atoms with Gasteiger partial charge in [0.2, 0.25) is 0 Å². The van der Waals surface area contributed by atoms with Gasteiger partial charge in [0, 0.05) is 12.6 Å². The molecule has 1 N–H and O–H groups in total. The first-order chi connectivity index (χ1) is 8.08. The van der Waals surface area contributed by atoms with Gasteiger partial charge in [0.15, 0.2) is 0 Å². The summed E-state index contributed by atoms with van der Waals surface area (Å²) in [7, 11) is 0. The summed E-state index contributed by atoms with van der Waals surface area (Å²) in [6, 6.07) is 4.75. The van der Waals surface area contributed by atoms with Crippen molar-refractivity contribution in [3.63, 3.8) is 0 Å². The Labute approximate surface area is 115 Å². The van der Waals surface area contributed by atoms with E-state index in [9.17, 15) is 9.18 Å². The predicted octanol–water partition coefficient (Wildman–Crippen LogP) is 2.76. The molecule has 0 aliphatic carbocycles. The number of halogens is 3. The molecule has 0 saturated carbocycles. The number of hydrogen-bond acceptors (Lipinski definition) is 2. The van der Waals surface area contributed by atoms with E-state index in [2.05, 4.69) is 9.97 Å². The Balaban J connectivity index is 2.35. The summed E-state index contributed by atoms with van der Waals surface area (Å²) >= 11 is 7.55. The normalized spacial score (nSPS) is 10.5. The average molecular weight is 365 g/mol. The fourth-order valence-corrected chi connectivity index (χ4v) is 1.84. The Morgan fingerprint density at radius 1 is 1.47 bits per heavy atom. The van der Waals surface area contributed by atoms with Crippen LogP contribution in [0.25, 0.3) is 0 Å². The van der Waals surface area contributed by atoms with Crippen LogP contribution in [-0.2, 0) is 6.42 Å². The molecule has 6 heteroatoms. The SMILES string of the molecule is O=c1[nH]c(Cc2cccc(Cl)c2F)ncc1I. The highest BCUT2D eigenvalue weighted by Crippen LogP contribution is 2.19. The number of H-pyrrole nitrogens is 1. The highest BCUT2D eigenvalue weighted by atomic mass is 127. The van der Waals surface area contributed by atoms with E-state index in [4.69, 9.17) is 11.6 Å². The summed E-state index contributed by atoms with van der Waals surface area (Å²) in [5.41, 5.74) is 0.180. The van der Waals surface area contributed by atoms with Gasteiger partial charge >= 0.3 is 0 Å². The van der Waals surface area contributed by atoms with Crippen molar-refractivity contribution in [2.45, 2.75) is 6.42 Å². The third-order valence-corrected chi connectivity index (χ3v) is 3.26. The molecule has 3 nitrogen and oxygen atoms in total. The van der Waals surface area contributed by atoms with Gasteiger partial charge in [-0.2, -0.15) is 0 Å². The van der Waals surface area contributed by atoms with Gasteiger partial charge in [-0.05, 0) is 34.2 Å². The highest BCUT2D eigenvalue weighted by molar-refractivity contribution is 14.1. The van der Waals surface area contributed by atoms with Gasteiger partial charge in [-0.25, -0.2) is 9.37 Å². The highest BCUT2D eigenvalue weighted by Gasteiger charge is 2.08. The van der Waals surface area contributed by atoms with Crippen LogP contribution in [0.5, 0.6) is 0 Å². The van der Waals surface area contributed by atoms with Crippen molar-refractivity contribution in [1.82, 2.24) is 9.97 Å². The van der Waals surface area contributed by atoms with Crippen molar-refractivity contribution in [2.24, 2.45) is 0 Å². The zero-order valence-corrected chi connectivity index (χ0v) is 11.4. The van der Waals surface area contributed by atoms with Crippen molar-refractivity contribution >= 4 is 34.2 Å². The molecule has 0 radical (unpaired) electrons. The standard InChI is InChI=1S/C11H7ClFIN2O/c12-7-3-1-2-6(10(7)13)4-9-15-5-8(14)11(17)16-9/h1-3,5H,4H2,(H,15,16,17). The summed E-state index contributed by atoms with van der Waals surface area (Å²) in [6.07, 6.45) is 1.66. The Kier molecular flexibility index (Phi) is 3.78. The van der Waals surface area contributed by atoms with Gasteiger partial charge in [-0.3, -0.25) is 4.79 Å². The molecule has 88 valence electrons. The lowest BCUT2D eigenvalue weighted by Gasteiger charge is -2.04. The maximum Gasteiger partial charge on any atom is 0.264 e. The van der Waals surface area contributed by atoms with E-state index in [-0.39, 0.29) is 17.0 Å². The van der Waals surface area contributed by atoms with Crippen LogP contribution in [0.4, 0.5) is 4.39 Å². The molecule has 0 amide bonds. The van der Waals surface area contributed by atoms with Gasteiger partial charge in [0.25, 0.3) is 5.56 Å². The molecule has 0 spiro atoms. The topological polar surface area (TPSA) is 45.8 Å². The van der Waals surface area contributed by atoms with Gasteiger partial charge < -0.3 is 4.98 Å². The number of hydrogen-bond donors (Lipinski definition) is 1. The zero-order valence-electron chi connectivity index (χ0n) is 8.51. The third-order valence-electron chi connectivity index (χ3n) is 2.20. The molecule has 0 saturated heterocycles. The van der Waals surface area contributed by atoms with E-state index in [1.165, 1.54) is 12.3 Å². The maximum absolute atomic E-state index is 13.6. The fourth-order valence-electron chi connectivity index (χ4n) is 1.37. The monoisotopic (exact) mass is 364 g/mol. The average Bonchev–Trinajstić information content (AvgIpc) is 2.30. The van der Waals surface area contributed by atoms with Gasteiger partial charge in [-0.15, -0.1) is 0 Å². The molecule has 0 atom stereocenters. The Bertz CT molecular complexity index is 615. The van der Waals surface area contributed by atoms with Crippen molar-refractivity contribution in [3.8, 4) is 0 Å². The molecule has 0 aliphatic rings. The Morgan fingerprint density at radius 2 is 2.24 bits per heavy atom. The minimum absolute atomic E-state index is 0.0651. The van der Waals surface area contributed by atoms with Crippen LogP contribution in [0.3, 0.4) is 0 Å². The van der Waals surface area contributed by atoms with Crippen LogP contribution in [0.2, 0.25) is 5.02 Å². The number of nitrogens with zero attached hydrogens (tertiary/aromatic N) is 1. The first kappa shape index (κ1) is 12.5. The first-order valence-electron chi connectivity index (χ1n) is 4.74. The Hall–Kier alpha value is -0.950. The van der Waals surface area contributed by atoms with Crippen LogP contribution >= 0.6 is 34.2 Å². The second kappa shape index (κ2) is 5.14. The van der Waals surface area contributed by atoms with Crippen LogP contribution in [-0.4, -0.2) is 9.97 Å². The quantitative estimate of drug-likeness (QED) is 0.833. The lowest BCUT2D eigenvalue weighted by atomic mass is 10.1. The first-order valence-corrected chi connectivity index (χ1v) is 6.20. The molecular weight excluding hydrogens is 357 g/mol. The van der Waals surface area contributed by atoms with Gasteiger partial charge in [-0.1, -0.05) is 23.7 Å². The molecule has 0 aliphatic heterocycles. The second-order valence-electron chi connectivity index (χ2n) is 3.40.